The Morgan fingerprint density at radius 1 is 1.06 bits per heavy atom. The van der Waals surface area contributed by atoms with Crippen molar-refractivity contribution in [3.63, 3.8) is 0 Å². The molecule has 0 aromatic heterocycles. The van der Waals surface area contributed by atoms with Crippen LogP contribution in [0.2, 0.25) is 0 Å². The lowest BCUT2D eigenvalue weighted by atomic mass is 9.91. The highest BCUT2D eigenvalue weighted by Crippen LogP contribution is 2.49. The molecule has 1 aliphatic heterocycles. The number of hydrogen-bond acceptors (Lipinski definition) is 4. The predicted molar refractivity (Wildman–Crippen MR) is 131 cm³/mol. The first-order valence-electron chi connectivity index (χ1n) is 12.6. The molecule has 0 bridgehead atoms. The summed E-state index contributed by atoms with van der Waals surface area (Å²) in [5.74, 6) is -0.0362. The molecular weight excluding hydrogens is 466 g/mol. The number of benzene rings is 2. The lowest BCUT2D eigenvalue weighted by molar-refractivity contribution is -0.128. The van der Waals surface area contributed by atoms with Crippen molar-refractivity contribution in [2.45, 2.75) is 38.7 Å². The van der Waals surface area contributed by atoms with Crippen LogP contribution in [-0.2, 0) is 22.6 Å². The van der Waals surface area contributed by atoms with Crippen LogP contribution < -0.4 is 4.74 Å². The van der Waals surface area contributed by atoms with E-state index in [0.717, 1.165) is 43.4 Å². The molecule has 1 heterocycles. The summed E-state index contributed by atoms with van der Waals surface area (Å²) in [4.78, 5) is 27.3. The Bertz CT molecular complexity index is 1060. The van der Waals surface area contributed by atoms with Crippen LogP contribution in [0.1, 0.15) is 36.8 Å². The monoisotopic (exact) mass is 500 g/mol. The molecule has 0 radical (unpaired) electrons. The van der Waals surface area contributed by atoms with Gasteiger partial charge in [0.15, 0.2) is 11.6 Å². The van der Waals surface area contributed by atoms with Crippen molar-refractivity contribution < 1.29 is 27.8 Å². The number of likely N-dealkylation sites (tertiary alicyclic amines) is 1. The molecule has 1 unspecified atom stereocenters. The van der Waals surface area contributed by atoms with Crippen LogP contribution in [-0.4, -0.2) is 55.6 Å². The summed E-state index contributed by atoms with van der Waals surface area (Å²) in [5, 5.41) is 0. The van der Waals surface area contributed by atoms with E-state index in [1.165, 1.54) is 4.90 Å². The van der Waals surface area contributed by atoms with Crippen LogP contribution in [0.4, 0.5) is 13.6 Å². The molecule has 2 fully saturated rings. The van der Waals surface area contributed by atoms with Crippen LogP contribution in [0.25, 0.3) is 0 Å². The van der Waals surface area contributed by atoms with E-state index in [1.54, 1.807) is 19.0 Å². The van der Waals surface area contributed by atoms with E-state index in [9.17, 15) is 18.4 Å². The van der Waals surface area contributed by atoms with Crippen molar-refractivity contribution >= 4 is 12.0 Å². The Kier molecular flexibility index (Phi) is 8.44. The zero-order chi connectivity index (χ0) is 25.7. The second-order valence-electron chi connectivity index (χ2n) is 10.0. The summed E-state index contributed by atoms with van der Waals surface area (Å²) >= 11 is 0. The highest BCUT2D eigenvalue weighted by atomic mass is 19.1. The third kappa shape index (κ3) is 6.74. The van der Waals surface area contributed by atoms with Gasteiger partial charge in [-0.1, -0.05) is 30.3 Å². The fourth-order valence-corrected chi connectivity index (χ4v) is 4.96. The standard InChI is InChI=1S/C28H34F2N2O4/c1-31(2)27(33)16-22-15-25(30)26(17-24(22)29)35-13-10-21-14-23(21)20-8-11-32(12-9-20)28(34)36-18-19-6-4-3-5-7-19/h3-7,15,17,20-21,23H,8-14,16,18H2,1-2H3/t21-,23?/m1/s1. The van der Waals surface area contributed by atoms with Crippen LogP contribution >= 0.6 is 0 Å². The van der Waals surface area contributed by atoms with Gasteiger partial charge in [0.05, 0.1) is 13.0 Å². The lowest BCUT2D eigenvalue weighted by Crippen LogP contribution is -2.39. The fourth-order valence-electron chi connectivity index (χ4n) is 4.96. The molecule has 2 aliphatic rings. The van der Waals surface area contributed by atoms with E-state index in [0.29, 0.717) is 37.5 Å². The highest BCUT2D eigenvalue weighted by Gasteiger charge is 2.43. The minimum absolute atomic E-state index is 0.0242. The van der Waals surface area contributed by atoms with Crippen molar-refractivity contribution in [1.82, 2.24) is 9.80 Å². The van der Waals surface area contributed by atoms with Gasteiger partial charge in [0.1, 0.15) is 12.4 Å². The summed E-state index contributed by atoms with van der Waals surface area (Å²) in [7, 11) is 3.15. The lowest BCUT2D eigenvalue weighted by Gasteiger charge is -2.31. The van der Waals surface area contributed by atoms with Gasteiger partial charge in [-0.2, -0.15) is 0 Å². The molecule has 2 atom stereocenters. The number of carbonyl (C=O) groups is 2. The second-order valence-corrected chi connectivity index (χ2v) is 10.0. The molecule has 36 heavy (non-hydrogen) atoms. The van der Waals surface area contributed by atoms with Crippen LogP contribution in [0.15, 0.2) is 42.5 Å². The maximum Gasteiger partial charge on any atom is 0.410 e. The number of likely N-dealkylation sites (N-methyl/N-ethyl adjacent to an activating group) is 1. The van der Waals surface area contributed by atoms with Gasteiger partial charge in [-0.05, 0) is 55.1 Å². The van der Waals surface area contributed by atoms with Crippen molar-refractivity contribution in [2.75, 3.05) is 33.8 Å². The first kappa shape index (κ1) is 25.9. The van der Waals surface area contributed by atoms with Crippen LogP contribution in [0, 0.1) is 29.4 Å². The second kappa shape index (κ2) is 11.7. The number of piperidine rings is 1. The number of carbonyl (C=O) groups excluding carboxylic acids is 2. The molecule has 194 valence electrons. The normalized spacial score (nSPS) is 19.6. The Hall–Kier alpha value is -3.16. The Morgan fingerprint density at radius 2 is 1.78 bits per heavy atom. The molecule has 8 heteroatoms. The molecule has 1 aliphatic carbocycles. The molecule has 2 aromatic carbocycles. The van der Waals surface area contributed by atoms with Gasteiger partial charge in [-0.3, -0.25) is 4.79 Å². The largest absolute Gasteiger partial charge is 0.490 e. The molecule has 1 saturated heterocycles. The summed E-state index contributed by atoms with van der Waals surface area (Å²) in [6.07, 6.45) is 3.35. The Morgan fingerprint density at radius 3 is 2.47 bits per heavy atom. The maximum absolute atomic E-state index is 14.4. The van der Waals surface area contributed by atoms with Crippen molar-refractivity contribution in [1.29, 1.82) is 0 Å². The zero-order valence-electron chi connectivity index (χ0n) is 20.9. The van der Waals surface area contributed by atoms with Gasteiger partial charge < -0.3 is 19.3 Å². The Balaban J connectivity index is 1.16. The van der Waals surface area contributed by atoms with Crippen molar-refractivity contribution in [3.05, 3.63) is 65.2 Å². The number of hydrogen-bond donors (Lipinski definition) is 0. The average Bonchev–Trinajstić information content (AvgIpc) is 3.65. The van der Waals surface area contributed by atoms with Gasteiger partial charge in [-0.25, -0.2) is 13.6 Å². The zero-order valence-corrected chi connectivity index (χ0v) is 20.9. The van der Waals surface area contributed by atoms with Gasteiger partial charge in [0, 0.05) is 38.8 Å². The summed E-state index contributed by atoms with van der Waals surface area (Å²) in [6, 6.07) is 11.7. The van der Waals surface area contributed by atoms with Crippen LogP contribution in [0.5, 0.6) is 5.75 Å². The number of ether oxygens (including phenoxy) is 2. The van der Waals surface area contributed by atoms with E-state index in [1.807, 2.05) is 30.3 Å². The molecular formula is C28H34F2N2O4. The van der Waals surface area contributed by atoms with E-state index >= 15 is 0 Å². The topological polar surface area (TPSA) is 59.1 Å². The smallest absolute Gasteiger partial charge is 0.410 e. The van der Waals surface area contributed by atoms with Gasteiger partial charge in [0.25, 0.3) is 0 Å². The SMILES string of the molecule is CN(C)C(=O)Cc1cc(F)c(OCC[C@@H]2CC2C2CCN(C(=O)OCc3ccccc3)CC2)cc1F. The number of rotatable bonds is 9. The molecule has 6 nitrogen and oxygen atoms in total. The van der Waals surface area contributed by atoms with Crippen molar-refractivity contribution in [3.8, 4) is 5.75 Å². The summed E-state index contributed by atoms with van der Waals surface area (Å²) in [6.45, 7) is 2.00. The van der Waals surface area contributed by atoms with Gasteiger partial charge >= 0.3 is 6.09 Å². The van der Waals surface area contributed by atoms with E-state index in [4.69, 9.17) is 9.47 Å². The summed E-state index contributed by atoms with van der Waals surface area (Å²) < 4.78 is 39.7. The first-order valence-corrected chi connectivity index (χ1v) is 12.6. The number of amides is 2. The number of halogens is 2. The van der Waals surface area contributed by atoms with E-state index in [-0.39, 0.29) is 36.3 Å². The molecule has 4 rings (SSSR count). The third-order valence-electron chi connectivity index (χ3n) is 7.27. The first-order chi connectivity index (χ1) is 17.3. The van der Waals surface area contributed by atoms with Crippen molar-refractivity contribution in [2.24, 2.45) is 17.8 Å². The average molecular weight is 501 g/mol. The predicted octanol–water partition coefficient (Wildman–Crippen LogP) is 5.05. The molecule has 2 amide bonds. The van der Waals surface area contributed by atoms with E-state index < -0.39 is 11.6 Å². The van der Waals surface area contributed by atoms with Gasteiger partial charge in [-0.15, -0.1) is 0 Å². The minimum Gasteiger partial charge on any atom is -0.490 e. The summed E-state index contributed by atoms with van der Waals surface area (Å²) in [5.41, 5.74) is 0.998. The minimum atomic E-state index is -0.656. The van der Waals surface area contributed by atoms with E-state index in [2.05, 4.69) is 0 Å². The molecule has 2 aromatic rings. The quantitative estimate of drug-likeness (QED) is 0.484. The Labute approximate surface area is 211 Å². The molecule has 1 saturated carbocycles. The molecule has 0 N–H and O–H groups in total. The highest BCUT2D eigenvalue weighted by molar-refractivity contribution is 5.78. The fraction of sp³-hybridized carbons (Fsp3) is 0.500. The third-order valence-corrected chi connectivity index (χ3v) is 7.27. The van der Waals surface area contributed by atoms with Crippen LogP contribution in [0.3, 0.4) is 0 Å². The maximum atomic E-state index is 14.4. The number of nitrogens with zero attached hydrogens (tertiary/aromatic N) is 2. The molecule has 0 spiro atoms. The van der Waals surface area contributed by atoms with Gasteiger partial charge in [0.2, 0.25) is 5.91 Å².